The molecule has 0 N–H and O–H groups in total. The van der Waals surface area contributed by atoms with Crippen molar-refractivity contribution in [3.05, 3.63) is 35.9 Å². The molecule has 2 nitrogen and oxygen atoms in total. The van der Waals surface area contributed by atoms with E-state index in [2.05, 4.69) is 71.3 Å². The Labute approximate surface area is 140 Å². The van der Waals surface area contributed by atoms with Crippen LogP contribution in [-0.4, -0.2) is 27.0 Å². The van der Waals surface area contributed by atoms with Crippen molar-refractivity contribution >= 4 is 28.5 Å². The monoisotopic (exact) mass is 471 g/mol. The predicted octanol–water partition coefficient (Wildman–Crippen LogP) is 0.236. The number of nitrogens with zero attached hydrogens (tertiary/aromatic N) is 1. The molecule has 2 rings (SSSR count). The summed E-state index contributed by atoms with van der Waals surface area (Å²) in [6, 6.07) is 10.6. The molecule has 0 aromatic heterocycles. The van der Waals surface area contributed by atoms with E-state index in [4.69, 9.17) is 4.74 Å². The summed E-state index contributed by atoms with van der Waals surface area (Å²) < 4.78 is 9.46. The molecule has 0 aliphatic carbocycles. The smallest absolute Gasteiger partial charge is 0.337 e. The van der Waals surface area contributed by atoms with Crippen LogP contribution >= 0.6 is 22.6 Å². The third-order valence-corrected chi connectivity index (χ3v) is 4.66. The maximum absolute atomic E-state index is 6.07. The summed E-state index contributed by atoms with van der Waals surface area (Å²) in [5, 5.41) is 0. The number of halogens is 2. The van der Waals surface area contributed by atoms with E-state index in [0.717, 1.165) is 29.8 Å². The molecule has 4 heteroatoms. The molecule has 1 unspecified atom stereocenters. The molecule has 1 aromatic rings. The molecule has 100 valence electrons. The first kappa shape index (κ1) is 16.2. The Hall–Kier alpha value is 0.150. The van der Waals surface area contributed by atoms with Crippen LogP contribution in [0.3, 0.4) is 0 Å². The van der Waals surface area contributed by atoms with E-state index in [9.17, 15) is 0 Å². The maximum Gasteiger partial charge on any atom is 0.337 e. The van der Waals surface area contributed by atoms with Gasteiger partial charge in [0.15, 0.2) is 18.7 Å². The lowest BCUT2D eigenvalue weighted by Crippen LogP contribution is -3.00. The van der Waals surface area contributed by atoms with Gasteiger partial charge in [0, 0.05) is 9.99 Å². The van der Waals surface area contributed by atoms with Crippen LogP contribution in [0.1, 0.15) is 25.8 Å². The highest BCUT2D eigenvalue weighted by molar-refractivity contribution is 14.1. The molecule has 0 bridgehead atoms. The van der Waals surface area contributed by atoms with Gasteiger partial charge in [0.1, 0.15) is 0 Å². The first-order valence-electron chi connectivity index (χ1n) is 6.06. The lowest BCUT2D eigenvalue weighted by atomic mass is 10.1. The highest BCUT2D eigenvalue weighted by Gasteiger charge is 2.41. The number of alkyl halides is 1. The Balaban J connectivity index is 0.00000162. The predicted molar refractivity (Wildman–Crippen MR) is 78.9 cm³/mol. The van der Waals surface area contributed by atoms with Gasteiger partial charge in [-0.3, -0.25) is 0 Å². The largest absolute Gasteiger partial charge is 1.00 e. The molecule has 1 atom stereocenters. The Morgan fingerprint density at radius 1 is 1.33 bits per heavy atom. The fourth-order valence-electron chi connectivity index (χ4n) is 2.19. The van der Waals surface area contributed by atoms with E-state index in [0.29, 0.717) is 0 Å². The lowest BCUT2D eigenvalue weighted by molar-refractivity contribution is -0.541. The number of hydrogen-bond donors (Lipinski definition) is 0. The zero-order valence-corrected chi connectivity index (χ0v) is 15.1. The van der Waals surface area contributed by atoms with Crippen molar-refractivity contribution in [3.63, 3.8) is 0 Å². The second-order valence-corrected chi connectivity index (χ2v) is 5.54. The summed E-state index contributed by atoms with van der Waals surface area (Å²) in [6.45, 7) is 6.30. The zero-order chi connectivity index (χ0) is 12.3. The molecule has 1 heterocycles. The molecule has 0 spiro atoms. The van der Waals surface area contributed by atoms with Crippen LogP contribution in [-0.2, 0) is 11.3 Å². The Kier molecular flexibility index (Phi) is 6.37. The molecule has 0 radical (unpaired) electrons. The summed E-state index contributed by atoms with van der Waals surface area (Å²) in [5.74, 6) is 1.13. The highest BCUT2D eigenvalue weighted by Crippen LogP contribution is 2.23. The van der Waals surface area contributed by atoms with Crippen molar-refractivity contribution < 1.29 is 33.3 Å². The van der Waals surface area contributed by atoms with E-state index in [1.165, 1.54) is 5.56 Å². The minimum Gasteiger partial charge on any atom is -1.00 e. The second-order valence-electron chi connectivity index (χ2n) is 4.77. The van der Waals surface area contributed by atoms with Gasteiger partial charge in [-0.1, -0.05) is 59.8 Å². The molecule has 18 heavy (non-hydrogen) atoms. The summed E-state index contributed by atoms with van der Waals surface area (Å²) in [4.78, 5) is 0. The normalized spacial score (nSPS) is 22.6. The Bertz CT molecular complexity index is 419. The molecule has 1 aliphatic rings. The standard InChI is InChI=1S/C14H19INO.HI/c1-3-13-16(11-14(2,10-15)17-13)9-12-7-5-4-6-8-12;/h4-8H,3,9-11H2,1-2H3;1H/q+1;/p-1. The maximum atomic E-state index is 6.07. The van der Waals surface area contributed by atoms with Gasteiger partial charge in [-0.15, -0.1) is 0 Å². The van der Waals surface area contributed by atoms with Crippen molar-refractivity contribution in [2.24, 2.45) is 0 Å². The van der Waals surface area contributed by atoms with Crippen LogP contribution in [0.4, 0.5) is 0 Å². The van der Waals surface area contributed by atoms with E-state index in [1.807, 2.05) is 0 Å². The average Bonchev–Trinajstić information content (AvgIpc) is 2.68. The van der Waals surface area contributed by atoms with Crippen LogP contribution in [0.15, 0.2) is 30.3 Å². The number of rotatable bonds is 4. The van der Waals surface area contributed by atoms with Gasteiger partial charge in [0.25, 0.3) is 0 Å². The Morgan fingerprint density at radius 3 is 2.56 bits per heavy atom. The average molecular weight is 471 g/mol. The van der Waals surface area contributed by atoms with Crippen LogP contribution in [0.25, 0.3) is 0 Å². The van der Waals surface area contributed by atoms with Gasteiger partial charge in [-0.05, 0) is 6.92 Å². The summed E-state index contributed by atoms with van der Waals surface area (Å²) >= 11 is 2.41. The fourth-order valence-corrected chi connectivity index (χ4v) is 2.58. The van der Waals surface area contributed by atoms with E-state index < -0.39 is 0 Å². The topological polar surface area (TPSA) is 12.2 Å². The van der Waals surface area contributed by atoms with Crippen molar-refractivity contribution in [2.45, 2.75) is 32.4 Å². The van der Waals surface area contributed by atoms with Crippen LogP contribution in [0.2, 0.25) is 0 Å². The first-order chi connectivity index (χ1) is 8.17. The molecule has 1 aliphatic heterocycles. The third-order valence-electron chi connectivity index (χ3n) is 3.04. The lowest BCUT2D eigenvalue weighted by Gasteiger charge is -2.16. The zero-order valence-electron chi connectivity index (χ0n) is 10.8. The van der Waals surface area contributed by atoms with Crippen LogP contribution in [0.5, 0.6) is 0 Å². The molecule has 0 saturated heterocycles. The number of ether oxygens (including phenoxy) is 1. The first-order valence-corrected chi connectivity index (χ1v) is 7.59. The van der Waals surface area contributed by atoms with Gasteiger partial charge < -0.3 is 28.7 Å². The van der Waals surface area contributed by atoms with Gasteiger partial charge in [0.05, 0.1) is 6.42 Å². The second kappa shape index (κ2) is 7.07. The number of benzene rings is 1. The van der Waals surface area contributed by atoms with Gasteiger partial charge in [-0.2, -0.15) is 4.58 Å². The molecule has 0 amide bonds. The van der Waals surface area contributed by atoms with Gasteiger partial charge >= 0.3 is 5.90 Å². The molecule has 1 aromatic carbocycles. The van der Waals surface area contributed by atoms with Crippen molar-refractivity contribution in [2.75, 3.05) is 11.0 Å². The van der Waals surface area contributed by atoms with Crippen molar-refractivity contribution in [1.29, 1.82) is 0 Å². The van der Waals surface area contributed by atoms with E-state index in [-0.39, 0.29) is 29.6 Å². The van der Waals surface area contributed by atoms with Crippen molar-refractivity contribution in [3.8, 4) is 0 Å². The van der Waals surface area contributed by atoms with Crippen LogP contribution in [0, 0.1) is 0 Å². The SMILES string of the molecule is CCC1=[N+](Cc2ccccc2)CC(C)(CI)O1.[I-]. The van der Waals surface area contributed by atoms with E-state index >= 15 is 0 Å². The minimum atomic E-state index is -0.0132. The van der Waals surface area contributed by atoms with Gasteiger partial charge in [-0.25, -0.2) is 0 Å². The van der Waals surface area contributed by atoms with E-state index in [1.54, 1.807) is 0 Å². The summed E-state index contributed by atoms with van der Waals surface area (Å²) in [5.41, 5.74) is 1.33. The molecule has 0 saturated carbocycles. The summed E-state index contributed by atoms with van der Waals surface area (Å²) in [6.07, 6.45) is 0.971. The van der Waals surface area contributed by atoms with Gasteiger partial charge in [0.2, 0.25) is 0 Å². The molecular weight excluding hydrogens is 452 g/mol. The Morgan fingerprint density at radius 2 is 2.00 bits per heavy atom. The number of hydrogen-bond acceptors (Lipinski definition) is 1. The molecular formula is C14H19I2NO. The van der Waals surface area contributed by atoms with Crippen molar-refractivity contribution in [1.82, 2.24) is 0 Å². The fraction of sp³-hybridized carbons (Fsp3) is 0.500. The van der Waals surface area contributed by atoms with Crippen LogP contribution < -0.4 is 24.0 Å². The molecule has 0 fully saturated rings. The quantitative estimate of drug-likeness (QED) is 0.349. The highest BCUT2D eigenvalue weighted by atomic mass is 127. The third kappa shape index (κ3) is 3.82. The summed E-state index contributed by atoms with van der Waals surface area (Å²) in [7, 11) is 0. The minimum absolute atomic E-state index is 0.